The van der Waals surface area contributed by atoms with Crippen molar-refractivity contribution in [2.24, 2.45) is 0 Å². The molecule has 0 saturated carbocycles. The Hall–Kier alpha value is -1.45. The van der Waals surface area contributed by atoms with Crippen molar-refractivity contribution in [3.63, 3.8) is 0 Å². The zero-order valence-corrected chi connectivity index (χ0v) is 12.9. The number of aromatic amines is 1. The maximum Gasteiger partial charge on any atom is 0.342 e. The van der Waals surface area contributed by atoms with Crippen molar-refractivity contribution in [2.45, 2.75) is 30.8 Å². The van der Waals surface area contributed by atoms with E-state index in [1.54, 1.807) is 14.0 Å². The molecule has 1 fully saturated rings. The van der Waals surface area contributed by atoms with Gasteiger partial charge < -0.3 is 10.1 Å². The molecule has 0 bridgehead atoms. The molecular weight excluding hydrogens is 296 g/mol. The summed E-state index contributed by atoms with van der Waals surface area (Å²) in [5, 5.41) is 8.98. The number of hydrogen-bond donors (Lipinski definition) is 2. The Bertz CT molecular complexity index is 598. The molecule has 21 heavy (non-hydrogen) atoms. The van der Waals surface area contributed by atoms with Gasteiger partial charge in [-0.2, -0.15) is 9.40 Å². The third-order valence-electron chi connectivity index (χ3n) is 3.49. The Balaban J connectivity index is 2.28. The van der Waals surface area contributed by atoms with Gasteiger partial charge >= 0.3 is 5.97 Å². The van der Waals surface area contributed by atoms with Crippen molar-refractivity contribution >= 4 is 16.0 Å². The lowest BCUT2D eigenvalue weighted by Gasteiger charge is -2.31. The number of esters is 1. The van der Waals surface area contributed by atoms with Gasteiger partial charge in [-0.25, -0.2) is 13.2 Å². The number of carbonyl (C=O) groups is 1. The number of hydrogen-bond acceptors (Lipinski definition) is 6. The van der Waals surface area contributed by atoms with E-state index < -0.39 is 16.0 Å². The van der Waals surface area contributed by atoms with Crippen molar-refractivity contribution in [3.8, 4) is 0 Å². The molecule has 0 amide bonds. The Morgan fingerprint density at radius 1 is 1.62 bits per heavy atom. The van der Waals surface area contributed by atoms with Crippen LogP contribution in [0.1, 0.15) is 30.1 Å². The maximum absolute atomic E-state index is 12.7. The molecule has 2 heterocycles. The van der Waals surface area contributed by atoms with E-state index in [2.05, 4.69) is 15.5 Å². The Labute approximate surface area is 123 Å². The summed E-state index contributed by atoms with van der Waals surface area (Å²) in [6, 6.07) is 0.113. The van der Waals surface area contributed by atoms with Gasteiger partial charge in [0, 0.05) is 19.1 Å². The molecule has 1 aliphatic rings. The number of ether oxygens (including phenoxy) is 1. The van der Waals surface area contributed by atoms with Crippen molar-refractivity contribution in [1.82, 2.24) is 19.8 Å². The van der Waals surface area contributed by atoms with Gasteiger partial charge in [0.1, 0.15) is 5.56 Å². The SMILES string of the molecule is CCOC(=O)c1cn[nH]c1S(=O)(=O)N1CCCC(NC)C1. The van der Waals surface area contributed by atoms with Crippen molar-refractivity contribution in [2.75, 3.05) is 26.7 Å². The van der Waals surface area contributed by atoms with Gasteiger partial charge in [0.05, 0.1) is 12.8 Å². The predicted molar refractivity (Wildman–Crippen MR) is 75.4 cm³/mol. The molecule has 1 aromatic rings. The van der Waals surface area contributed by atoms with E-state index >= 15 is 0 Å². The number of rotatable bonds is 5. The third-order valence-corrected chi connectivity index (χ3v) is 5.33. The van der Waals surface area contributed by atoms with E-state index in [1.807, 2.05) is 0 Å². The van der Waals surface area contributed by atoms with Gasteiger partial charge in [0.2, 0.25) is 0 Å². The highest BCUT2D eigenvalue weighted by molar-refractivity contribution is 7.89. The molecule has 0 aliphatic carbocycles. The summed E-state index contributed by atoms with van der Waals surface area (Å²) in [5.74, 6) is -0.688. The first-order valence-electron chi connectivity index (χ1n) is 6.88. The second-order valence-corrected chi connectivity index (χ2v) is 6.70. The molecule has 118 valence electrons. The predicted octanol–water partition coefficient (Wildman–Crippen LogP) is -0.0411. The number of nitrogens with zero attached hydrogens (tertiary/aromatic N) is 2. The number of carbonyl (C=O) groups excluding carboxylic acids is 1. The Kier molecular flexibility index (Phi) is 4.96. The van der Waals surface area contributed by atoms with E-state index in [0.29, 0.717) is 13.1 Å². The molecule has 1 atom stereocenters. The van der Waals surface area contributed by atoms with E-state index in [0.717, 1.165) is 12.8 Å². The first-order chi connectivity index (χ1) is 10.0. The van der Waals surface area contributed by atoms with Crippen LogP contribution in [-0.2, 0) is 14.8 Å². The molecule has 1 aliphatic heterocycles. The van der Waals surface area contributed by atoms with Gasteiger partial charge in [-0.15, -0.1) is 0 Å². The highest BCUT2D eigenvalue weighted by atomic mass is 32.2. The fraction of sp³-hybridized carbons (Fsp3) is 0.667. The van der Waals surface area contributed by atoms with Crippen LogP contribution in [0, 0.1) is 0 Å². The minimum Gasteiger partial charge on any atom is -0.462 e. The average molecular weight is 316 g/mol. The fourth-order valence-corrected chi connectivity index (χ4v) is 3.94. The molecule has 9 heteroatoms. The lowest BCUT2D eigenvalue weighted by molar-refractivity contribution is 0.0521. The number of sulfonamides is 1. The lowest BCUT2D eigenvalue weighted by atomic mass is 10.1. The van der Waals surface area contributed by atoms with Gasteiger partial charge in [0.25, 0.3) is 10.0 Å². The number of likely N-dealkylation sites (N-methyl/N-ethyl adjacent to an activating group) is 1. The topological polar surface area (TPSA) is 104 Å². The van der Waals surface area contributed by atoms with Crippen LogP contribution in [0.3, 0.4) is 0 Å². The van der Waals surface area contributed by atoms with Crippen molar-refractivity contribution < 1.29 is 17.9 Å². The van der Waals surface area contributed by atoms with Crippen LogP contribution in [0.25, 0.3) is 0 Å². The number of aromatic nitrogens is 2. The Morgan fingerprint density at radius 3 is 3.05 bits per heavy atom. The molecule has 2 N–H and O–H groups in total. The standard InChI is InChI=1S/C12H20N4O4S/c1-3-20-12(17)10-7-14-15-11(10)21(18,19)16-6-4-5-9(8-16)13-2/h7,9,13H,3-6,8H2,1-2H3,(H,14,15). The van der Waals surface area contributed by atoms with Gasteiger partial charge in [-0.05, 0) is 26.8 Å². The number of nitrogens with one attached hydrogen (secondary N) is 2. The van der Waals surface area contributed by atoms with Crippen LogP contribution in [-0.4, -0.2) is 61.7 Å². The molecule has 1 aromatic heterocycles. The summed E-state index contributed by atoms with van der Waals surface area (Å²) in [5.41, 5.74) is -0.0524. The molecule has 2 rings (SSSR count). The first-order valence-corrected chi connectivity index (χ1v) is 8.32. The number of H-pyrrole nitrogens is 1. The molecule has 0 aromatic carbocycles. The lowest BCUT2D eigenvalue weighted by Crippen LogP contribution is -2.47. The van der Waals surface area contributed by atoms with Crippen LogP contribution in [0.4, 0.5) is 0 Å². The van der Waals surface area contributed by atoms with Crippen LogP contribution >= 0.6 is 0 Å². The van der Waals surface area contributed by atoms with E-state index in [1.165, 1.54) is 10.5 Å². The van der Waals surface area contributed by atoms with Crippen LogP contribution in [0.5, 0.6) is 0 Å². The number of piperidine rings is 1. The highest BCUT2D eigenvalue weighted by Crippen LogP contribution is 2.22. The minimum atomic E-state index is -3.78. The van der Waals surface area contributed by atoms with Crippen LogP contribution in [0.15, 0.2) is 11.2 Å². The zero-order chi connectivity index (χ0) is 15.5. The summed E-state index contributed by atoms with van der Waals surface area (Å²) in [7, 11) is -1.97. The first kappa shape index (κ1) is 15.9. The molecule has 1 saturated heterocycles. The smallest absolute Gasteiger partial charge is 0.342 e. The van der Waals surface area contributed by atoms with E-state index in [4.69, 9.17) is 4.74 Å². The molecule has 1 unspecified atom stereocenters. The second kappa shape index (κ2) is 6.54. The summed E-state index contributed by atoms with van der Waals surface area (Å²) in [6.45, 7) is 2.64. The van der Waals surface area contributed by atoms with Gasteiger partial charge in [-0.3, -0.25) is 5.10 Å². The third kappa shape index (κ3) is 3.25. The minimum absolute atomic E-state index is 0.0524. The summed E-state index contributed by atoms with van der Waals surface area (Å²) >= 11 is 0. The molecule has 8 nitrogen and oxygen atoms in total. The maximum atomic E-state index is 12.7. The molecular formula is C12H20N4O4S. The summed E-state index contributed by atoms with van der Waals surface area (Å²) in [4.78, 5) is 11.8. The largest absolute Gasteiger partial charge is 0.462 e. The Morgan fingerprint density at radius 2 is 2.38 bits per heavy atom. The molecule has 0 radical (unpaired) electrons. The summed E-state index contributed by atoms with van der Waals surface area (Å²) in [6.07, 6.45) is 2.88. The quantitative estimate of drug-likeness (QED) is 0.739. The summed E-state index contributed by atoms with van der Waals surface area (Å²) < 4.78 is 31.5. The normalized spacial score (nSPS) is 20.4. The van der Waals surface area contributed by atoms with Crippen LogP contribution in [0.2, 0.25) is 0 Å². The van der Waals surface area contributed by atoms with E-state index in [-0.39, 0.29) is 23.2 Å². The van der Waals surface area contributed by atoms with E-state index in [9.17, 15) is 13.2 Å². The highest BCUT2D eigenvalue weighted by Gasteiger charge is 2.34. The monoisotopic (exact) mass is 316 g/mol. The zero-order valence-electron chi connectivity index (χ0n) is 12.1. The average Bonchev–Trinajstić information content (AvgIpc) is 2.98. The van der Waals surface area contributed by atoms with Gasteiger partial charge in [0.15, 0.2) is 5.03 Å². The van der Waals surface area contributed by atoms with Gasteiger partial charge in [-0.1, -0.05) is 0 Å². The van der Waals surface area contributed by atoms with Crippen molar-refractivity contribution in [3.05, 3.63) is 11.8 Å². The molecule has 0 spiro atoms. The fourth-order valence-electron chi connectivity index (χ4n) is 2.35. The van der Waals surface area contributed by atoms with Crippen molar-refractivity contribution in [1.29, 1.82) is 0 Å². The second-order valence-electron chi connectivity index (χ2n) is 4.82. The van der Waals surface area contributed by atoms with Crippen LogP contribution < -0.4 is 5.32 Å².